The van der Waals surface area contributed by atoms with E-state index in [2.05, 4.69) is 54.0 Å². The van der Waals surface area contributed by atoms with E-state index in [-0.39, 0.29) is 6.09 Å². The monoisotopic (exact) mass is 493 g/mol. The Bertz CT molecular complexity index is 1120. The highest BCUT2D eigenvalue weighted by Gasteiger charge is 2.48. The number of imidazole rings is 1. The van der Waals surface area contributed by atoms with Gasteiger partial charge in [-0.25, -0.2) is 9.78 Å². The van der Waals surface area contributed by atoms with Crippen LogP contribution in [0.4, 0.5) is 10.7 Å². The van der Waals surface area contributed by atoms with Crippen molar-refractivity contribution in [2.75, 3.05) is 44.7 Å². The maximum Gasteiger partial charge on any atom is 0.409 e. The largest absolute Gasteiger partial charge is 0.480 e. The molecule has 8 heteroatoms. The summed E-state index contributed by atoms with van der Waals surface area (Å²) in [5.41, 5.74) is 3.89. The molecule has 1 aliphatic carbocycles. The summed E-state index contributed by atoms with van der Waals surface area (Å²) in [5, 5.41) is 3.53. The zero-order chi connectivity index (χ0) is 24.9. The Morgan fingerprint density at radius 1 is 1.22 bits per heavy atom. The Hall–Kier alpha value is -2.74. The number of rotatable bonds is 4. The molecule has 1 saturated carbocycles. The number of piperidine rings is 1. The molecule has 0 bridgehead atoms. The number of nitrogens with zero attached hydrogens (tertiary/aromatic N) is 4. The maximum atomic E-state index is 12.7. The average molecular weight is 494 g/mol. The van der Waals surface area contributed by atoms with Crippen molar-refractivity contribution in [2.45, 2.75) is 63.5 Å². The number of aromatic nitrogens is 2. The van der Waals surface area contributed by atoms with Crippen molar-refractivity contribution in [1.29, 1.82) is 0 Å². The standard InChI is InChI=1S/C28H39N5O3/c1-19-6-9-22-23(17-19)36-28(11-15-33(16-12-28)27(34)35-18-20-7-8-20)25-24(22)30-26(32(25)3)31(2)21-5-4-13-29-14-10-21/h6,9,17,20-21,29H,4-5,7-8,10-16,18H2,1-3H3. The Kier molecular flexibility index (Phi) is 6.10. The first-order valence-electron chi connectivity index (χ1n) is 13.7. The number of amides is 1. The number of aryl methyl sites for hydroxylation is 1. The molecule has 2 saturated heterocycles. The van der Waals surface area contributed by atoms with Crippen LogP contribution >= 0.6 is 0 Å². The summed E-state index contributed by atoms with van der Waals surface area (Å²) < 4.78 is 14.7. The van der Waals surface area contributed by atoms with Crippen LogP contribution in [-0.4, -0.2) is 66.4 Å². The molecule has 3 aliphatic heterocycles. The highest BCUT2D eigenvalue weighted by molar-refractivity contribution is 5.75. The van der Waals surface area contributed by atoms with Crippen molar-refractivity contribution in [3.63, 3.8) is 0 Å². The summed E-state index contributed by atoms with van der Waals surface area (Å²) >= 11 is 0. The van der Waals surface area contributed by atoms with Crippen LogP contribution in [0.2, 0.25) is 0 Å². The summed E-state index contributed by atoms with van der Waals surface area (Å²) in [5.74, 6) is 2.47. The first-order chi connectivity index (χ1) is 17.4. The molecule has 6 rings (SSSR count). The van der Waals surface area contributed by atoms with E-state index in [4.69, 9.17) is 14.5 Å². The predicted octanol–water partition coefficient (Wildman–Crippen LogP) is 4.20. The van der Waals surface area contributed by atoms with Gasteiger partial charge in [0.15, 0.2) is 5.60 Å². The second kappa shape index (κ2) is 9.29. The molecule has 1 unspecified atom stereocenters. The molecule has 3 fully saturated rings. The van der Waals surface area contributed by atoms with Crippen LogP contribution in [0, 0.1) is 12.8 Å². The van der Waals surface area contributed by atoms with E-state index in [1.165, 1.54) is 24.8 Å². The van der Waals surface area contributed by atoms with Crippen molar-refractivity contribution in [3.05, 3.63) is 29.5 Å². The lowest BCUT2D eigenvalue weighted by molar-refractivity contribution is -0.0109. The summed E-state index contributed by atoms with van der Waals surface area (Å²) in [7, 11) is 4.32. The molecule has 36 heavy (non-hydrogen) atoms. The van der Waals surface area contributed by atoms with Gasteiger partial charge in [0.1, 0.15) is 11.4 Å². The molecule has 1 aromatic carbocycles. The molecule has 1 spiro atoms. The van der Waals surface area contributed by atoms with Gasteiger partial charge in [0.2, 0.25) is 5.95 Å². The Morgan fingerprint density at radius 2 is 2.03 bits per heavy atom. The van der Waals surface area contributed by atoms with Crippen LogP contribution in [0.3, 0.4) is 0 Å². The third kappa shape index (κ3) is 4.23. The second-order valence-corrected chi connectivity index (χ2v) is 11.2. The third-order valence-electron chi connectivity index (χ3n) is 8.58. The van der Waals surface area contributed by atoms with E-state index >= 15 is 0 Å². The second-order valence-electron chi connectivity index (χ2n) is 11.2. The van der Waals surface area contributed by atoms with Gasteiger partial charge in [-0.1, -0.05) is 6.07 Å². The van der Waals surface area contributed by atoms with Gasteiger partial charge < -0.3 is 29.2 Å². The number of likely N-dealkylation sites (tertiary alicyclic amines) is 1. The summed E-state index contributed by atoms with van der Waals surface area (Å²) in [6, 6.07) is 6.87. The van der Waals surface area contributed by atoms with Crippen molar-refractivity contribution < 1.29 is 14.3 Å². The number of anilines is 1. The minimum Gasteiger partial charge on any atom is -0.480 e. The Labute approximate surface area is 213 Å². The topological polar surface area (TPSA) is 71.9 Å². The highest BCUT2D eigenvalue weighted by atomic mass is 16.6. The number of carbonyl (C=O) groups excluding carboxylic acids is 1. The molecule has 8 nitrogen and oxygen atoms in total. The first kappa shape index (κ1) is 23.6. The fourth-order valence-electron chi connectivity index (χ4n) is 6.19. The van der Waals surface area contributed by atoms with Crippen LogP contribution in [-0.2, 0) is 17.4 Å². The van der Waals surface area contributed by atoms with Crippen LogP contribution in [0.5, 0.6) is 5.75 Å². The number of hydrogen-bond donors (Lipinski definition) is 1. The SMILES string of the molecule is Cc1ccc2c(c1)OC1(CCN(C(=O)OCC3CC3)CC1)c1c-2nc(N(C)C2CCCNCC2)n1C. The van der Waals surface area contributed by atoms with E-state index in [0.717, 1.165) is 67.4 Å². The number of nitrogens with one attached hydrogen (secondary N) is 1. The van der Waals surface area contributed by atoms with Crippen LogP contribution in [0.15, 0.2) is 18.2 Å². The average Bonchev–Trinajstić information content (AvgIpc) is 3.68. The molecule has 1 amide bonds. The van der Waals surface area contributed by atoms with Crippen molar-refractivity contribution in [3.8, 4) is 17.0 Å². The number of hydrogen-bond acceptors (Lipinski definition) is 6. The van der Waals surface area contributed by atoms with Gasteiger partial charge in [0.05, 0.1) is 12.3 Å². The van der Waals surface area contributed by atoms with Gasteiger partial charge in [-0.2, -0.15) is 0 Å². The zero-order valence-corrected chi connectivity index (χ0v) is 21.9. The zero-order valence-electron chi connectivity index (χ0n) is 21.9. The normalized spacial score (nSPS) is 22.9. The van der Waals surface area contributed by atoms with Crippen LogP contribution < -0.4 is 15.0 Å². The first-order valence-corrected chi connectivity index (χ1v) is 13.7. The number of benzene rings is 1. The lowest BCUT2D eigenvalue weighted by Gasteiger charge is -2.44. The summed E-state index contributed by atoms with van der Waals surface area (Å²) in [6.07, 6.45) is 7.09. The summed E-state index contributed by atoms with van der Waals surface area (Å²) in [6.45, 7) is 6.03. The predicted molar refractivity (Wildman–Crippen MR) is 139 cm³/mol. The molecule has 4 heterocycles. The summed E-state index contributed by atoms with van der Waals surface area (Å²) in [4.78, 5) is 22.2. The number of carbonyl (C=O) groups is 1. The maximum absolute atomic E-state index is 12.7. The molecule has 2 aromatic rings. The molecule has 1 atom stereocenters. The van der Waals surface area contributed by atoms with Crippen molar-refractivity contribution >= 4 is 12.0 Å². The van der Waals surface area contributed by atoms with E-state index in [9.17, 15) is 4.79 Å². The van der Waals surface area contributed by atoms with Gasteiger partial charge in [0, 0.05) is 51.6 Å². The lowest BCUT2D eigenvalue weighted by Crippen LogP contribution is -2.50. The quantitative estimate of drug-likeness (QED) is 0.688. The van der Waals surface area contributed by atoms with Crippen LogP contribution in [0.1, 0.15) is 56.2 Å². The van der Waals surface area contributed by atoms with Crippen LogP contribution in [0.25, 0.3) is 11.3 Å². The van der Waals surface area contributed by atoms with Gasteiger partial charge in [-0.3, -0.25) is 0 Å². The van der Waals surface area contributed by atoms with Gasteiger partial charge >= 0.3 is 6.09 Å². The molecule has 4 aliphatic rings. The molecule has 0 radical (unpaired) electrons. The third-order valence-corrected chi connectivity index (χ3v) is 8.58. The van der Waals surface area contributed by atoms with E-state index in [0.29, 0.717) is 31.7 Å². The van der Waals surface area contributed by atoms with Crippen molar-refractivity contribution in [1.82, 2.24) is 19.8 Å². The van der Waals surface area contributed by atoms with Crippen molar-refractivity contribution in [2.24, 2.45) is 13.0 Å². The van der Waals surface area contributed by atoms with Gasteiger partial charge in [-0.15, -0.1) is 0 Å². The lowest BCUT2D eigenvalue weighted by atomic mass is 9.83. The number of ether oxygens (including phenoxy) is 2. The Morgan fingerprint density at radius 3 is 2.81 bits per heavy atom. The van der Waals surface area contributed by atoms with E-state index in [1.807, 2.05) is 4.90 Å². The molecule has 1 N–H and O–H groups in total. The fraction of sp³-hybridized carbons (Fsp3) is 0.643. The minimum atomic E-state index is -0.505. The Balaban J connectivity index is 1.32. The fourth-order valence-corrected chi connectivity index (χ4v) is 6.19. The molecule has 1 aromatic heterocycles. The van der Waals surface area contributed by atoms with E-state index in [1.54, 1.807) is 0 Å². The molecular formula is C28H39N5O3. The molecular weight excluding hydrogens is 454 g/mol. The minimum absolute atomic E-state index is 0.184. The highest BCUT2D eigenvalue weighted by Crippen LogP contribution is 2.50. The van der Waals surface area contributed by atoms with Gasteiger partial charge in [-0.05, 0) is 75.7 Å². The smallest absolute Gasteiger partial charge is 0.409 e. The molecule has 194 valence electrons. The van der Waals surface area contributed by atoms with Gasteiger partial charge in [0.25, 0.3) is 0 Å². The number of fused-ring (bicyclic) bond motifs is 4. The van der Waals surface area contributed by atoms with E-state index < -0.39 is 5.60 Å².